The number of ether oxygens (including phenoxy) is 1. The molecule has 1 unspecified atom stereocenters. The van der Waals surface area contributed by atoms with E-state index in [1.807, 2.05) is 20.0 Å². The fourth-order valence-corrected chi connectivity index (χ4v) is 2.43. The van der Waals surface area contributed by atoms with E-state index in [1.165, 1.54) is 6.42 Å². The van der Waals surface area contributed by atoms with Crippen LogP contribution in [-0.2, 0) is 11.2 Å². The normalized spacial score (nSPS) is 19.8. The van der Waals surface area contributed by atoms with Crippen molar-refractivity contribution in [1.82, 2.24) is 9.97 Å². The Balaban J connectivity index is 2.02. The first-order valence-corrected chi connectivity index (χ1v) is 6.89. The Labute approximate surface area is 113 Å². The minimum Gasteiger partial charge on any atom is -0.381 e. The molecule has 18 heavy (non-hydrogen) atoms. The lowest BCUT2D eigenvalue weighted by Gasteiger charge is -2.27. The highest BCUT2D eigenvalue weighted by atomic mass is 35.5. The van der Waals surface area contributed by atoms with E-state index in [0.29, 0.717) is 11.1 Å². The molecule has 0 N–H and O–H groups in total. The third-order valence-corrected chi connectivity index (χ3v) is 3.42. The van der Waals surface area contributed by atoms with Crippen molar-refractivity contribution in [3.8, 4) is 0 Å². The van der Waals surface area contributed by atoms with Crippen LogP contribution in [0, 0.1) is 5.92 Å². The molecule has 0 radical (unpaired) electrons. The van der Waals surface area contributed by atoms with Crippen molar-refractivity contribution < 1.29 is 4.74 Å². The molecule has 1 atom stereocenters. The first-order chi connectivity index (χ1) is 8.69. The molecule has 0 aromatic carbocycles. The molecule has 1 fully saturated rings. The van der Waals surface area contributed by atoms with Crippen LogP contribution in [0.2, 0.25) is 5.15 Å². The smallest absolute Gasteiger partial charge is 0.134 e. The SMILES string of the molecule is CCc1nc(Cl)cc(N(C)CC2CCCOC2)n1. The summed E-state index contributed by atoms with van der Waals surface area (Å²) in [6.07, 6.45) is 3.18. The summed E-state index contributed by atoms with van der Waals surface area (Å²) in [5.41, 5.74) is 0. The molecule has 1 aromatic rings. The van der Waals surface area contributed by atoms with Crippen LogP contribution in [0.3, 0.4) is 0 Å². The monoisotopic (exact) mass is 269 g/mol. The largest absolute Gasteiger partial charge is 0.381 e. The quantitative estimate of drug-likeness (QED) is 0.788. The van der Waals surface area contributed by atoms with Crippen molar-refractivity contribution in [3.63, 3.8) is 0 Å². The summed E-state index contributed by atoms with van der Waals surface area (Å²) in [6.45, 7) is 4.74. The van der Waals surface area contributed by atoms with E-state index in [4.69, 9.17) is 16.3 Å². The molecule has 1 aliphatic rings. The number of aryl methyl sites for hydroxylation is 1. The highest BCUT2D eigenvalue weighted by molar-refractivity contribution is 6.29. The fraction of sp³-hybridized carbons (Fsp3) is 0.692. The topological polar surface area (TPSA) is 38.2 Å². The van der Waals surface area contributed by atoms with Crippen molar-refractivity contribution in [2.75, 3.05) is 31.7 Å². The third kappa shape index (κ3) is 3.56. The summed E-state index contributed by atoms with van der Waals surface area (Å²) >= 11 is 6.01. The maximum Gasteiger partial charge on any atom is 0.134 e. The van der Waals surface area contributed by atoms with Crippen LogP contribution >= 0.6 is 11.6 Å². The van der Waals surface area contributed by atoms with Gasteiger partial charge >= 0.3 is 0 Å². The average Bonchev–Trinajstić information content (AvgIpc) is 2.39. The van der Waals surface area contributed by atoms with Crippen LogP contribution in [0.15, 0.2) is 6.07 Å². The van der Waals surface area contributed by atoms with Gasteiger partial charge in [0.25, 0.3) is 0 Å². The number of nitrogens with zero attached hydrogens (tertiary/aromatic N) is 3. The Morgan fingerprint density at radius 3 is 3.00 bits per heavy atom. The highest BCUT2D eigenvalue weighted by Crippen LogP contribution is 2.19. The molecule has 0 spiro atoms. The van der Waals surface area contributed by atoms with Crippen molar-refractivity contribution >= 4 is 17.4 Å². The zero-order valence-corrected chi connectivity index (χ0v) is 11.8. The molecule has 4 nitrogen and oxygen atoms in total. The van der Waals surface area contributed by atoms with Crippen molar-refractivity contribution in [1.29, 1.82) is 0 Å². The predicted octanol–water partition coefficient (Wildman–Crippen LogP) is 2.56. The molecular formula is C13H20ClN3O. The summed E-state index contributed by atoms with van der Waals surface area (Å²) < 4.78 is 5.50. The maximum atomic E-state index is 6.01. The van der Waals surface area contributed by atoms with Gasteiger partial charge in [0.15, 0.2) is 0 Å². The molecule has 2 rings (SSSR count). The van der Waals surface area contributed by atoms with Gasteiger partial charge in [0, 0.05) is 32.7 Å². The van der Waals surface area contributed by atoms with Gasteiger partial charge in [0.2, 0.25) is 0 Å². The van der Waals surface area contributed by atoms with Gasteiger partial charge in [-0.2, -0.15) is 0 Å². The van der Waals surface area contributed by atoms with E-state index < -0.39 is 0 Å². The van der Waals surface area contributed by atoms with E-state index in [2.05, 4.69) is 14.9 Å². The zero-order valence-electron chi connectivity index (χ0n) is 11.0. The summed E-state index contributed by atoms with van der Waals surface area (Å²) in [6, 6.07) is 1.82. The lowest BCUT2D eigenvalue weighted by molar-refractivity contribution is 0.0576. The van der Waals surface area contributed by atoms with Gasteiger partial charge in [-0.1, -0.05) is 18.5 Å². The number of rotatable bonds is 4. The summed E-state index contributed by atoms with van der Waals surface area (Å²) in [5, 5.41) is 0.517. The zero-order chi connectivity index (χ0) is 13.0. The molecule has 1 saturated heterocycles. The molecule has 100 valence electrons. The van der Waals surface area contributed by atoms with E-state index in [9.17, 15) is 0 Å². The van der Waals surface area contributed by atoms with Crippen LogP contribution in [0.5, 0.6) is 0 Å². The van der Waals surface area contributed by atoms with E-state index in [-0.39, 0.29) is 0 Å². The average molecular weight is 270 g/mol. The number of hydrogen-bond donors (Lipinski definition) is 0. The molecule has 0 saturated carbocycles. The first kappa shape index (κ1) is 13.6. The van der Waals surface area contributed by atoms with Gasteiger partial charge in [-0.05, 0) is 18.8 Å². The minimum absolute atomic E-state index is 0.517. The molecule has 0 bridgehead atoms. The Hall–Kier alpha value is -0.870. The lowest BCUT2D eigenvalue weighted by Crippen LogP contribution is -2.31. The van der Waals surface area contributed by atoms with Crippen LogP contribution in [-0.4, -0.2) is 36.8 Å². The Morgan fingerprint density at radius 1 is 1.50 bits per heavy atom. The second-order valence-electron chi connectivity index (χ2n) is 4.78. The Morgan fingerprint density at radius 2 is 2.33 bits per heavy atom. The Kier molecular flexibility index (Phi) is 4.78. The lowest BCUT2D eigenvalue weighted by atomic mass is 10.0. The van der Waals surface area contributed by atoms with Gasteiger partial charge in [-0.25, -0.2) is 9.97 Å². The maximum absolute atomic E-state index is 6.01. The van der Waals surface area contributed by atoms with Gasteiger partial charge in [-0.3, -0.25) is 0 Å². The fourth-order valence-electron chi connectivity index (χ4n) is 2.24. The van der Waals surface area contributed by atoms with Crippen LogP contribution in [0.1, 0.15) is 25.6 Å². The Bertz CT molecular complexity index is 394. The second kappa shape index (κ2) is 6.34. The number of hydrogen-bond acceptors (Lipinski definition) is 4. The minimum atomic E-state index is 0.517. The van der Waals surface area contributed by atoms with E-state index in [0.717, 1.165) is 44.2 Å². The van der Waals surface area contributed by atoms with E-state index in [1.54, 1.807) is 0 Å². The summed E-state index contributed by atoms with van der Waals surface area (Å²) in [4.78, 5) is 10.8. The van der Waals surface area contributed by atoms with Gasteiger partial charge in [0.05, 0.1) is 6.61 Å². The predicted molar refractivity (Wildman–Crippen MR) is 73.2 cm³/mol. The number of anilines is 1. The summed E-state index contributed by atoms with van der Waals surface area (Å²) in [7, 11) is 2.05. The molecule has 1 aliphatic heterocycles. The van der Waals surface area contributed by atoms with Crippen LogP contribution in [0.25, 0.3) is 0 Å². The van der Waals surface area contributed by atoms with Crippen molar-refractivity contribution in [3.05, 3.63) is 17.0 Å². The molecule has 0 amide bonds. The molecule has 1 aromatic heterocycles. The van der Waals surface area contributed by atoms with E-state index >= 15 is 0 Å². The van der Waals surface area contributed by atoms with Gasteiger partial charge in [-0.15, -0.1) is 0 Å². The second-order valence-corrected chi connectivity index (χ2v) is 5.17. The highest BCUT2D eigenvalue weighted by Gasteiger charge is 2.17. The number of halogens is 1. The van der Waals surface area contributed by atoms with Crippen molar-refractivity contribution in [2.24, 2.45) is 5.92 Å². The molecule has 5 heteroatoms. The van der Waals surface area contributed by atoms with Crippen molar-refractivity contribution in [2.45, 2.75) is 26.2 Å². The van der Waals surface area contributed by atoms with Crippen LogP contribution < -0.4 is 4.90 Å². The molecule has 0 aliphatic carbocycles. The summed E-state index contributed by atoms with van der Waals surface area (Å²) in [5.74, 6) is 2.28. The van der Waals surface area contributed by atoms with Crippen LogP contribution in [0.4, 0.5) is 5.82 Å². The van der Waals surface area contributed by atoms with Gasteiger partial charge in [0.1, 0.15) is 16.8 Å². The standard InChI is InChI=1S/C13H20ClN3O/c1-3-12-15-11(14)7-13(16-12)17(2)8-10-5-4-6-18-9-10/h7,10H,3-6,8-9H2,1-2H3. The third-order valence-electron chi connectivity index (χ3n) is 3.22. The molecular weight excluding hydrogens is 250 g/mol. The first-order valence-electron chi connectivity index (χ1n) is 6.51. The molecule has 2 heterocycles. The van der Waals surface area contributed by atoms with Gasteiger partial charge < -0.3 is 9.64 Å². The number of aromatic nitrogens is 2.